The Hall–Kier alpha value is -0.890. The average molecular weight is 315 g/mol. The van der Waals surface area contributed by atoms with E-state index in [1.165, 1.54) is 12.8 Å². The molecule has 0 amide bonds. The number of sulfonamides is 1. The smallest absolute Gasteiger partial charge is 0.244 e. The quantitative estimate of drug-likeness (QED) is 0.748. The summed E-state index contributed by atoms with van der Waals surface area (Å²) in [7, 11) is 0.284. The molecule has 0 radical (unpaired) electrons. The van der Waals surface area contributed by atoms with Gasteiger partial charge < -0.3 is 14.6 Å². The van der Waals surface area contributed by atoms with E-state index >= 15 is 0 Å². The lowest BCUT2D eigenvalue weighted by molar-refractivity contribution is 0.412. The lowest BCUT2D eigenvalue weighted by Crippen LogP contribution is -2.32. The number of hydrogen-bond acceptors (Lipinski definition) is 5. The molecule has 1 aromatic heterocycles. The van der Waals surface area contributed by atoms with Gasteiger partial charge in [-0.3, -0.25) is 0 Å². The molecule has 2 rings (SSSR count). The molecular formula is C14H25N3O3S. The molecule has 0 spiro atoms. The summed E-state index contributed by atoms with van der Waals surface area (Å²) in [5.74, 6) is 1.13. The second-order valence-corrected chi connectivity index (χ2v) is 7.58. The van der Waals surface area contributed by atoms with Crippen LogP contribution < -0.4 is 10.0 Å². The summed E-state index contributed by atoms with van der Waals surface area (Å²) in [6.45, 7) is 5.10. The van der Waals surface area contributed by atoms with Gasteiger partial charge in [0.2, 0.25) is 10.0 Å². The predicted molar refractivity (Wildman–Crippen MR) is 81.8 cm³/mol. The van der Waals surface area contributed by atoms with E-state index in [0.29, 0.717) is 42.1 Å². The first-order valence-corrected chi connectivity index (χ1v) is 8.76. The van der Waals surface area contributed by atoms with Crippen molar-refractivity contribution in [2.75, 3.05) is 27.2 Å². The molecule has 0 aliphatic heterocycles. The molecule has 6 nitrogen and oxygen atoms in total. The van der Waals surface area contributed by atoms with E-state index in [4.69, 9.17) is 4.42 Å². The summed E-state index contributed by atoms with van der Waals surface area (Å²) in [6, 6.07) is 0.525. The lowest BCUT2D eigenvalue weighted by atomic mass is 10.2. The third-order valence-electron chi connectivity index (χ3n) is 3.59. The first-order chi connectivity index (χ1) is 9.81. The molecule has 0 atom stereocenters. The molecule has 0 aromatic carbocycles. The van der Waals surface area contributed by atoms with Crippen LogP contribution in [-0.4, -0.2) is 46.5 Å². The molecule has 120 valence electrons. The Morgan fingerprint density at radius 2 is 1.90 bits per heavy atom. The van der Waals surface area contributed by atoms with Crippen LogP contribution >= 0.6 is 0 Å². The summed E-state index contributed by atoms with van der Waals surface area (Å²) in [4.78, 5) is 2.23. The van der Waals surface area contributed by atoms with Gasteiger partial charge >= 0.3 is 0 Å². The van der Waals surface area contributed by atoms with Gasteiger partial charge in [-0.2, -0.15) is 0 Å². The Morgan fingerprint density at radius 1 is 1.24 bits per heavy atom. The highest BCUT2D eigenvalue weighted by Crippen LogP contribution is 2.28. The minimum Gasteiger partial charge on any atom is -0.465 e. The van der Waals surface area contributed by atoms with E-state index in [-0.39, 0.29) is 0 Å². The third kappa shape index (κ3) is 4.29. The van der Waals surface area contributed by atoms with E-state index < -0.39 is 10.0 Å². The van der Waals surface area contributed by atoms with Crippen molar-refractivity contribution in [3.63, 3.8) is 0 Å². The number of nitrogens with one attached hydrogen (secondary N) is 2. The minimum absolute atomic E-state index is 0.298. The number of nitrogens with zero attached hydrogens (tertiary/aromatic N) is 1. The summed E-state index contributed by atoms with van der Waals surface area (Å²) < 4.78 is 33.2. The van der Waals surface area contributed by atoms with Crippen LogP contribution in [0.15, 0.2) is 9.31 Å². The van der Waals surface area contributed by atoms with Crippen molar-refractivity contribution < 1.29 is 12.8 Å². The van der Waals surface area contributed by atoms with Crippen molar-refractivity contribution in [1.82, 2.24) is 14.9 Å². The van der Waals surface area contributed by atoms with Crippen LogP contribution in [0.25, 0.3) is 0 Å². The predicted octanol–water partition coefficient (Wildman–Crippen LogP) is 0.988. The molecule has 21 heavy (non-hydrogen) atoms. The van der Waals surface area contributed by atoms with Gasteiger partial charge in [0.25, 0.3) is 0 Å². The van der Waals surface area contributed by atoms with Gasteiger partial charge in [0.05, 0.1) is 0 Å². The monoisotopic (exact) mass is 315 g/mol. The number of rotatable bonds is 8. The molecular weight excluding hydrogens is 290 g/mol. The van der Waals surface area contributed by atoms with Crippen LogP contribution in [0.1, 0.15) is 29.9 Å². The molecule has 0 bridgehead atoms. The molecule has 0 saturated heterocycles. The first-order valence-electron chi connectivity index (χ1n) is 7.28. The second-order valence-electron chi connectivity index (χ2n) is 5.88. The SMILES string of the molecule is Cc1oc(C)c(S(=O)(=O)NCCN(C)C)c1CNC1CC1. The van der Waals surface area contributed by atoms with Crippen LogP contribution in [0.4, 0.5) is 0 Å². The zero-order valence-electron chi connectivity index (χ0n) is 13.2. The normalized spacial score (nSPS) is 15.9. The highest BCUT2D eigenvalue weighted by atomic mass is 32.2. The molecule has 1 heterocycles. The summed E-state index contributed by atoms with van der Waals surface area (Å²) >= 11 is 0. The minimum atomic E-state index is -3.53. The fraction of sp³-hybridized carbons (Fsp3) is 0.714. The summed E-state index contributed by atoms with van der Waals surface area (Å²) in [5.41, 5.74) is 0.747. The van der Waals surface area contributed by atoms with Crippen LogP contribution in [0.2, 0.25) is 0 Å². The van der Waals surface area contributed by atoms with E-state index in [0.717, 1.165) is 5.56 Å². The third-order valence-corrected chi connectivity index (χ3v) is 5.25. The Labute approximate surface area is 126 Å². The van der Waals surface area contributed by atoms with E-state index in [9.17, 15) is 8.42 Å². The van der Waals surface area contributed by atoms with Gasteiger partial charge in [0.1, 0.15) is 16.4 Å². The van der Waals surface area contributed by atoms with Crippen LogP contribution in [0.3, 0.4) is 0 Å². The van der Waals surface area contributed by atoms with Gasteiger partial charge in [-0.1, -0.05) is 0 Å². The summed E-state index contributed by atoms with van der Waals surface area (Å²) in [5, 5.41) is 3.35. The van der Waals surface area contributed by atoms with E-state index in [1.54, 1.807) is 6.92 Å². The van der Waals surface area contributed by atoms with Gasteiger partial charge in [0, 0.05) is 31.2 Å². The maximum atomic E-state index is 12.5. The molecule has 1 fully saturated rings. The number of aryl methyl sites for hydroxylation is 2. The molecule has 1 aromatic rings. The largest absolute Gasteiger partial charge is 0.465 e. The van der Waals surface area contributed by atoms with Crippen molar-refractivity contribution in [2.45, 2.75) is 44.2 Å². The first kappa shape index (κ1) is 16.5. The fourth-order valence-electron chi connectivity index (χ4n) is 2.28. The van der Waals surface area contributed by atoms with Crippen molar-refractivity contribution in [3.8, 4) is 0 Å². The summed E-state index contributed by atoms with van der Waals surface area (Å²) in [6.07, 6.45) is 2.33. The van der Waals surface area contributed by atoms with Crippen molar-refractivity contribution in [2.24, 2.45) is 0 Å². The maximum absolute atomic E-state index is 12.5. The standard InChI is InChI=1S/C14H25N3O3S/c1-10-13(9-15-12-5-6-12)14(11(2)20-10)21(18,19)16-7-8-17(3)4/h12,15-16H,5-9H2,1-4H3. The average Bonchev–Trinajstić information content (AvgIpc) is 3.12. The highest BCUT2D eigenvalue weighted by molar-refractivity contribution is 7.89. The number of furan rings is 1. The number of hydrogen-bond donors (Lipinski definition) is 2. The molecule has 0 unspecified atom stereocenters. The van der Waals surface area contributed by atoms with Gasteiger partial charge in [-0.25, -0.2) is 13.1 Å². The van der Waals surface area contributed by atoms with E-state index in [1.807, 2.05) is 25.9 Å². The molecule has 1 saturated carbocycles. The maximum Gasteiger partial charge on any atom is 0.244 e. The van der Waals surface area contributed by atoms with Crippen molar-refractivity contribution in [1.29, 1.82) is 0 Å². The molecule has 1 aliphatic carbocycles. The highest BCUT2D eigenvalue weighted by Gasteiger charge is 2.28. The van der Waals surface area contributed by atoms with Crippen molar-refractivity contribution in [3.05, 3.63) is 17.1 Å². The van der Waals surface area contributed by atoms with Crippen LogP contribution in [0, 0.1) is 13.8 Å². The van der Waals surface area contributed by atoms with Crippen LogP contribution in [-0.2, 0) is 16.6 Å². The zero-order valence-corrected chi connectivity index (χ0v) is 14.0. The number of likely N-dealkylation sites (N-methyl/N-ethyl adjacent to an activating group) is 1. The Morgan fingerprint density at radius 3 is 2.48 bits per heavy atom. The van der Waals surface area contributed by atoms with Crippen LogP contribution in [0.5, 0.6) is 0 Å². The van der Waals surface area contributed by atoms with Gasteiger partial charge in [-0.15, -0.1) is 0 Å². The topological polar surface area (TPSA) is 74.6 Å². The Kier molecular flexibility index (Phi) is 5.08. The van der Waals surface area contributed by atoms with Crippen molar-refractivity contribution >= 4 is 10.0 Å². The Balaban J connectivity index is 2.15. The van der Waals surface area contributed by atoms with Gasteiger partial charge in [0.15, 0.2) is 0 Å². The van der Waals surface area contributed by atoms with Gasteiger partial charge in [-0.05, 0) is 40.8 Å². The Bertz CT molecular complexity index is 589. The fourth-order valence-corrected chi connectivity index (χ4v) is 3.74. The molecule has 1 aliphatic rings. The molecule has 7 heteroatoms. The second kappa shape index (κ2) is 6.48. The zero-order chi connectivity index (χ0) is 15.6. The van der Waals surface area contributed by atoms with E-state index in [2.05, 4.69) is 10.0 Å². The molecule has 2 N–H and O–H groups in total. The lowest BCUT2D eigenvalue weighted by Gasteiger charge is -2.12.